The van der Waals surface area contributed by atoms with Crippen LogP contribution in [0.15, 0.2) is 49.1 Å². The van der Waals surface area contributed by atoms with Crippen LogP contribution >= 0.6 is 0 Å². The second-order valence-corrected chi connectivity index (χ2v) is 7.14. The Morgan fingerprint density at radius 2 is 1.69 bits per heavy atom. The highest BCUT2D eigenvalue weighted by atomic mass is 15.2. The lowest BCUT2D eigenvalue weighted by Crippen LogP contribution is -2.34. The van der Waals surface area contributed by atoms with Crippen molar-refractivity contribution < 1.29 is 0 Å². The Labute approximate surface area is 195 Å². The zero-order valence-corrected chi connectivity index (χ0v) is 21.4. The lowest BCUT2D eigenvalue weighted by Gasteiger charge is -2.39. The molecule has 3 aromatic heterocycles. The molecule has 0 aliphatic carbocycles. The number of imidazole rings is 1. The van der Waals surface area contributed by atoms with E-state index >= 15 is 0 Å². The van der Waals surface area contributed by atoms with Gasteiger partial charge in [0.1, 0.15) is 0 Å². The fraction of sp³-hybridized carbons (Fsp3) is 0.519. The second-order valence-electron chi connectivity index (χ2n) is 7.14. The first-order chi connectivity index (χ1) is 15.7. The van der Waals surface area contributed by atoms with Crippen molar-refractivity contribution in [1.29, 1.82) is 0 Å². The SMILES string of the molecule is CC.CC.CC.Cc1cccnc1C1CCCC(c2cccc(Cc3cnc[nH]3)n2)N1C. The van der Waals surface area contributed by atoms with Crippen molar-refractivity contribution in [1.82, 2.24) is 24.8 Å². The van der Waals surface area contributed by atoms with E-state index in [0.717, 1.165) is 36.3 Å². The van der Waals surface area contributed by atoms with Crippen molar-refractivity contribution in [3.05, 3.63) is 77.4 Å². The van der Waals surface area contributed by atoms with Gasteiger partial charge in [-0.3, -0.25) is 14.9 Å². The summed E-state index contributed by atoms with van der Waals surface area (Å²) < 4.78 is 0. The van der Waals surface area contributed by atoms with Gasteiger partial charge in [0, 0.05) is 30.2 Å². The summed E-state index contributed by atoms with van der Waals surface area (Å²) in [4.78, 5) is 19.4. The molecule has 5 nitrogen and oxygen atoms in total. The molecule has 5 heteroatoms. The quantitative estimate of drug-likeness (QED) is 0.474. The van der Waals surface area contributed by atoms with Crippen LogP contribution in [0.3, 0.4) is 0 Å². The molecule has 0 bridgehead atoms. The third-order valence-corrected chi connectivity index (χ3v) is 5.40. The maximum absolute atomic E-state index is 4.96. The molecular formula is C27H43N5. The van der Waals surface area contributed by atoms with Crippen LogP contribution in [0.25, 0.3) is 0 Å². The van der Waals surface area contributed by atoms with Gasteiger partial charge in [-0.15, -0.1) is 0 Å². The van der Waals surface area contributed by atoms with Gasteiger partial charge in [0.2, 0.25) is 0 Å². The van der Waals surface area contributed by atoms with Crippen LogP contribution in [0.1, 0.15) is 101 Å². The first-order valence-electron chi connectivity index (χ1n) is 12.3. The van der Waals surface area contributed by atoms with Gasteiger partial charge < -0.3 is 4.98 Å². The van der Waals surface area contributed by atoms with Gasteiger partial charge in [-0.05, 0) is 57.0 Å². The van der Waals surface area contributed by atoms with E-state index in [4.69, 9.17) is 4.98 Å². The number of likely N-dealkylation sites (tertiary alicyclic amines) is 1. The van der Waals surface area contributed by atoms with E-state index in [9.17, 15) is 0 Å². The van der Waals surface area contributed by atoms with Gasteiger partial charge in [0.05, 0.1) is 29.8 Å². The fourth-order valence-electron chi connectivity index (χ4n) is 4.02. The minimum atomic E-state index is 0.330. The standard InChI is InChI=1S/C21H25N5.3C2H6/c1-15-6-5-11-23-21(15)20-10-4-9-19(26(20)2)18-8-3-7-16(25-18)12-17-13-22-14-24-17;3*1-2/h3,5-8,11,13-14,19-20H,4,9-10,12H2,1-2H3,(H,22,24);3*1-2H3. The number of aromatic nitrogens is 4. The normalized spacial score (nSPS) is 17.6. The molecule has 176 valence electrons. The smallest absolute Gasteiger partial charge is 0.0921 e. The largest absolute Gasteiger partial charge is 0.348 e. The van der Waals surface area contributed by atoms with Gasteiger partial charge in [0.15, 0.2) is 0 Å². The first-order valence-corrected chi connectivity index (χ1v) is 12.3. The second kappa shape index (κ2) is 15.3. The first kappa shape index (κ1) is 27.5. The van der Waals surface area contributed by atoms with Gasteiger partial charge >= 0.3 is 0 Å². The average Bonchev–Trinajstić information content (AvgIpc) is 3.37. The maximum Gasteiger partial charge on any atom is 0.0921 e. The molecule has 3 aromatic rings. The molecule has 1 saturated heterocycles. The number of aromatic amines is 1. The Morgan fingerprint density at radius 3 is 2.34 bits per heavy atom. The van der Waals surface area contributed by atoms with Crippen LogP contribution in [0.4, 0.5) is 0 Å². The summed E-state index contributed by atoms with van der Waals surface area (Å²) in [6, 6.07) is 11.2. The number of nitrogens with zero attached hydrogens (tertiary/aromatic N) is 4. The van der Waals surface area contributed by atoms with Crippen molar-refractivity contribution in [2.75, 3.05) is 7.05 Å². The molecule has 1 N–H and O–H groups in total. The number of nitrogens with one attached hydrogen (secondary N) is 1. The van der Waals surface area contributed by atoms with Crippen molar-refractivity contribution in [2.45, 2.75) is 86.2 Å². The number of hydrogen-bond acceptors (Lipinski definition) is 4. The Kier molecular flexibility index (Phi) is 13.2. The fourth-order valence-corrected chi connectivity index (χ4v) is 4.02. The molecule has 2 atom stereocenters. The number of rotatable bonds is 4. The Hall–Kier alpha value is -2.53. The van der Waals surface area contributed by atoms with E-state index in [1.807, 2.05) is 60.0 Å². The molecule has 1 aliphatic heterocycles. The molecule has 4 rings (SSSR count). The Bertz CT molecular complexity index is 860. The molecule has 4 heterocycles. The molecule has 0 spiro atoms. The lowest BCUT2D eigenvalue weighted by molar-refractivity contribution is 0.109. The van der Waals surface area contributed by atoms with Crippen LogP contribution < -0.4 is 0 Å². The number of aryl methyl sites for hydroxylation is 1. The molecular weight excluding hydrogens is 394 g/mol. The molecule has 0 radical (unpaired) electrons. The van der Waals surface area contributed by atoms with E-state index in [0.29, 0.717) is 12.1 Å². The third-order valence-electron chi connectivity index (χ3n) is 5.40. The minimum absolute atomic E-state index is 0.330. The van der Waals surface area contributed by atoms with Crippen LogP contribution in [-0.4, -0.2) is 31.9 Å². The Balaban J connectivity index is 0.000000789. The summed E-state index contributed by atoms with van der Waals surface area (Å²) in [5.41, 5.74) is 5.80. The summed E-state index contributed by atoms with van der Waals surface area (Å²) in [5, 5.41) is 0. The van der Waals surface area contributed by atoms with E-state index < -0.39 is 0 Å². The predicted octanol–water partition coefficient (Wildman–Crippen LogP) is 7.08. The van der Waals surface area contributed by atoms with Crippen LogP contribution in [0.2, 0.25) is 0 Å². The van der Waals surface area contributed by atoms with Crippen LogP contribution in [-0.2, 0) is 6.42 Å². The molecule has 0 saturated carbocycles. The number of pyridine rings is 2. The zero-order valence-electron chi connectivity index (χ0n) is 21.4. The molecule has 0 aromatic carbocycles. The summed E-state index contributed by atoms with van der Waals surface area (Å²) in [6.07, 6.45) is 9.76. The minimum Gasteiger partial charge on any atom is -0.348 e. The maximum atomic E-state index is 4.96. The lowest BCUT2D eigenvalue weighted by atomic mass is 9.90. The molecule has 1 fully saturated rings. The average molecular weight is 438 g/mol. The van der Waals surface area contributed by atoms with Gasteiger partial charge in [-0.25, -0.2) is 4.98 Å². The van der Waals surface area contributed by atoms with Crippen molar-refractivity contribution >= 4 is 0 Å². The highest BCUT2D eigenvalue weighted by Gasteiger charge is 2.31. The predicted molar refractivity (Wildman–Crippen MR) is 136 cm³/mol. The molecule has 32 heavy (non-hydrogen) atoms. The van der Waals surface area contributed by atoms with E-state index in [1.165, 1.54) is 17.7 Å². The van der Waals surface area contributed by atoms with E-state index in [-0.39, 0.29) is 0 Å². The van der Waals surface area contributed by atoms with Crippen molar-refractivity contribution in [3.8, 4) is 0 Å². The monoisotopic (exact) mass is 437 g/mol. The highest BCUT2D eigenvalue weighted by molar-refractivity contribution is 5.24. The number of piperidine rings is 1. The number of hydrogen-bond donors (Lipinski definition) is 1. The summed E-state index contributed by atoms with van der Waals surface area (Å²) in [6.45, 7) is 14.2. The molecule has 0 amide bonds. The van der Waals surface area contributed by atoms with Crippen molar-refractivity contribution in [3.63, 3.8) is 0 Å². The highest BCUT2D eigenvalue weighted by Crippen LogP contribution is 2.39. The number of H-pyrrole nitrogens is 1. The van der Waals surface area contributed by atoms with Gasteiger partial charge in [-0.2, -0.15) is 0 Å². The van der Waals surface area contributed by atoms with Crippen LogP contribution in [0.5, 0.6) is 0 Å². The summed E-state index contributed by atoms with van der Waals surface area (Å²) >= 11 is 0. The Morgan fingerprint density at radius 1 is 0.969 bits per heavy atom. The zero-order chi connectivity index (χ0) is 23.9. The third kappa shape index (κ3) is 7.27. The summed E-state index contributed by atoms with van der Waals surface area (Å²) in [5.74, 6) is 0. The summed E-state index contributed by atoms with van der Waals surface area (Å²) in [7, 11) is 2.21. The van der Waals surface area contributed by atoms with Gasteiger partial charge in [0.25, 0.3) is 0 Å². The van der Waals surface area contributed by atoms with E-state index in [1.54, 1.807) is 6.33 Å². The molecule has 1 aliphatic rings. The molecule has 2 unspecified atom stereocenters. The topological polar surface area (TPSA) is 57.7 Å². The van der Waals surface area contributed by atoms with Gasteiger partial charge in [-0.1, -0.05) is 53.7 Å². The van der Waals surface area contributed by atoms with Crippen molar-refractivity contribution in [2.24, 2.45) is 0 Å². The van der Waals surface area contributed by atoms with Crippen LogP contribution in [0, 0.1) is 6.92 Å². The van der Waals surface area contributed by atoms with E-state index in [2.05, 4.69) is 58.1 Å².